The molecule has 5 unspecified atom stereocenters. The quantitative estimate of drug-likeness (QED) is 0.164. The van der Waals surface area contributed by atoms with Gasteiger partial charge < -0.3 is 0 Å². The highest BCUT2D eigenvalue weighted by Gasteiger charge is 2.50. The fourth-order valence-corrected chi connectivity index (χ4v) is 4.07. The summed E-state index contributed by atoms with van der Waals surface area (Å²) in [7, 11) is 0. The van der Waals surface area contributed by atoms with Gasteiger partial charge in [0.15, 0.2) is 0 Å². The Morgan fingerprint density at radius 1 is 0.759 bits per heavy atom. The van der Waals surface area contributed by atoms with Crippen molar-refractivity contribution in [1.82, 2.24) is 0 Å². The maximum atomic E-state index is 6.25. The first-order valence-electron chi connectivity index (χ1n) is 12.3. The minimum atomic E-state index is -0.850. The molecule has 29 heavy (non-hydrogen) atoms. The Kier molecular flexibility index (Phi) is 11.1. The van der Waals surface area contributed by atoms with E-state index in [1.165, 1.54) is 0 Å². The summed E-state index contributed by atoms with van der Waals surface area (Å²) in [6, 6.07) is 0. The van der Waals surface area contributed by atoms with Gasteiger partial charge in [-0.05, 0) is 57.8 Å². The molecule has 4 nitrogen and oxygen atoms in total. The molecule has 1 rings (SSSR count). The summed E-state index contributed by atoms with van der Waals surface area (Å²) in [6.45, 7) is 19.9. The van der Waals surface area contributed by atoms with E-state index in [0.29, 0.717) is 11.8 Å². The molecule has 0 aliphatic heterocycles. The Labute approximate surface area is 181 Å². The van der Waals surface area contributed by atoms with Gasteiger partial charge in [-0.1, -0.05) is 74.1 Å². The lowest BCUT2D eigenvalue weighted by Crippen LogP contribution is -2.51. The monoisotopic (exact) mass is 414 g/mol. The molecule has 0 aromatic carbocycles. The first-order valence-corrected chi connectivity index (χ1v) is 12.3. The third kappa shape index (κ3) is 7.79. The molecular weight excluding hydrogens is 364 g/mol. The van der Waals surface area contributed by atoms with Crippen LogP contribution in [0.5, 0.6) is 0 Å². The number of hydrogen-bond donors (Lipinski definition) is 0. The summed E-state index contributed by atoms with van der Waals surface area (Å²) < 4.78 is 0. The van der Waals surface area contributed by atoms with E-state index >= 15 is 0 Å². The summed E-state index contributed by atoms with van der Waals surface area (Å²) in [5.74, 6) is 0.483. The fraction of sp³-hybridized carbons (Fsp3) is 1.00. The summed E-state index contributed by atoms with van der Waals surface area (Å²) in [6.07, 6.45) is 10.2. The van der Waals surface area contributed by atoms with Crippen molar-refractivity contribution in [1.29, 1.82) is 0 Å². The van der Waals surface area contributed by atoms with Crippen molar-refractivity contribution in [3.05, 3.63) is 0 Å². The topological polar surface area (TPSA) is 36.9 Å². The molecule has 4 heteroatoms. The minimum Gasteiger partial charge on any atom is -0.227 e. The van der Waals surface area contributed by atoms with Crippen LogP contribution in [0.1, 0.15) is 127 Å². The molecule has 0 aromatic heterocycles. The molecular formula is C25H50O4. The fourth-order valence-electron chi connectivity index (χ4n) is 4.07. The molecule has 0 heterocycles. The third-order valence-electron chi connectivity index (χ3n) is 7.44. The molecule has 1 aliphatic carbocycles. The Hall–Kier alpha value is -0.160. The van der Waals surface area contributed by atoms with Crippen molar-refractivity contribution in [2.45, 2.75) is 144 Å². The maximum absolute atomic E-state index is 6.25. The van der Waals surface area contributed by atoms with Gasteiger partial charge in [-0.2, -0.15) is 9.78 Å². The number of hydrogen-bond acceptors (Lipinski definition) is 4. The van der Waals surface area contributed by atoms with Gasteiger partial charge in [0, 0.05) is 12.3 Å². The highest BCUT2D eigenvalue weighted by atomic mass is 17.3. The molecule has 1 saturated carbocycles. The molecule has 0 aromatic rings. The first kappa shape index (κ1) is 26.9. The van der Waals surface area contributed by atoms with E-state index < -0.39 is 5.79 Å². The predicted octanol–water partition coefficient (Wildman–Crippen LogP) is 8.00. The van der Waals surface area contributed by atoms with Crippen molar-refractivity contribution in [3.8, 4) is 0 Å². The van der Waals surface area contributed by atoms with Gasteiger partial charge in [0.05, 0.1) is 0 Å². The van der Waals surface area contributed by atoms with E-state index in [2.05, 4.69) is 62.3 Å². The van der Waals surface area contributed by atoms with Gasteiger partial charge >= 0.3 is 0 Å². The van der Waals surface area contributed by atoms with E-state index in [9.17, 15) is 0 Å². The second kappa shape index (κ2) is 12.0. The van der Waals surface area contributed by atoms with Crippen LogP contribution in [-0.4, -0.2) is 17.0 Å². The summed E-state index contributed by atoms with van der Waals surface area (Å²) in [5, 5.41) is 0. The van der Waals surface area contributed by atoms with Crippen LogP contribution in [0.15, 0.2) is 0 Å². The van der Waals surface area contributed by atoms with Crippen molar-refractivity contribution < 1.29 is 19.6 Å². The van der Waals surface area contributed by atoms with Crippen LogP contribution in [0, 0.1) is 17.8 Å². The second-order valence-corrected chi connectivity index (χ2v) is 10.3. The highest BCUT2D eigenvalue weighted by molar-refractivity contribution is 4.87. The molecule has 174 valence electrons. The van der Waals surface area contributed by atoms with E-state index in [1.54, 1.807) is 0 Å². The van der Waals surface area contributed by atoms with Gasteiger partial charge in [0.1, 0.15) is 11.2 Å². The Morgan fingerprint density at radius 3 is 1.59 bits per heavy atom. The van der Waals surface area contributed by atoms with Gasteiger partial charge in [0.2, 0.25) is 5.79 Å². The van der Waals surface area contributed by atoms with E-state index in [1.807, 2.05) is 0 Å². The smallest absolute Gasteiger partial charge is 0.227 e. The van der Waals surface area contributed by atoms with Gasteiger partial charge in [-0.15, -0.1) is 0 Å². The molecule has 0 radical (unpaired) electrons. The lowest BCUT2D eigenvalue weighted by atomic mass is 9.73. The average molecular weight is 415 g/mol. The van der Waals surface area contributed by atoms with E-state index in [-0.39, 0.29) is 17.1 Å². The first-order chi connectivity index (χ1) is 13.6. The molecule has 1 fully saturated rings. The van der Waals surface area contributed by atoms with Crippen LogP contribution in [0.4, 0.5) is 0 Å². The van der Waals surface area contributed by atoms with Crippen LogP contribution in [-0.2, 0) is 19.6 Å². The van der Waals surface area contributed by atoms with Crippen molar-refractivity contribution in [3.63, 3.8) is 0 Å². The number of unbranched alkanes of at least 4 members (excludes halogenated alkanes) is 2. The maximum Gasteiger partial charge on any atom is 0.236 e. The summed E-state index contributed by atoms with van der Waals surface area (Å²) >= 11 is 0. The Morgan fingerprint density at radius 2 is 1.21 bits per heavy atom. The highest BCUT2D eigenvalue weighted by Crippen LogP contribution is 2.45. The van der Waals surface area contributed by atoms with Crippen LogP contribution in [0.3, 0.4) is 0 Å². The average Bonchev–Trinajstić information content (AvgIpc) is 2.71. The SMILES string of the molecule is CCCCC(C)(CC)OOC1(OOC(C)(CC)CCCC)CC(C)C(C)CC1C. The third-order valence-corrected chi connectivity index (χ3v) is 7.44. The Balaban J connectivity index is 2.98. The largest absolute Gasteiger partial charge is 0.236 e. The molecule has 0 bridgehead atoms. The molecule has 0 amide bonds. The lowest BCUT2D eigenvalue weighted by Gasteiger charge is -2.46. The zero-order valence-corrected chi connectivity index (χ0v) is 20.9. The summed E-state index contributed by atoms with van der Waals surface area (Å²) in [4.78, 5) is 24.8. The van der Waals surface area contributed by atoms with Gasteiger partial charge in [-0.3, -0.25) is 0 Å². The zero-order valence-electron chi connectivity index (χ0n) is 20.9. The minimum absolute atomic E-state index is 0.202. The molecule has 0 saturated heterocycles. The second-order valence-electron chi connectivity index (χ2n) is 10.3. The zero-order chi connectivity index (χ0) is 22.1. The van der Waals surface area contributed by atoms with E-state index in [4.69, 9.17) is 19.6 Å². The standard InChI is InChI=1S/C25H50O4/c1-10-14-16-23(8,12-3)26-28-25(19-21(6)20(5)18-22(25)7)29-27-24(9,13-4)17-15-11-2/h20-22H,10-19H2,1-9H3. The van der Waals surface area contributed by atoms with E-state index in [0.717, 1.165) is 64.2 Å². The molecule has 0 N–H and O–H groups in total. The molecule has 1 aliphatic rings. The van der Waals surface area contributed by atoms with Crippen LogP contribution in [0.25, 0.3) is 0 Å². The van der Waals surface area contributed by atoms with Gasteiger partial charge in [-0.25, -0.2) is 9.78 Å². The predicted molar refractivity (Wildman–Crippen MR) is 120 cm³/mol. The van der Waals surface area contributed by atoms with Crippen LogP contribution in [0.2, 0.25) is 0 Å². The van der Waals surface area contributed by atoms with Crippen LogP contribution < -0.4 is 0 Å². The molecule has 5 atom stereocenters. The van der Waals surface area contributed by atoms with Crippen molar-refractivity contribution in [2.75, 3.05) is 0 Å². The lowest BCUT2D eigenvalue weighted by molar-refractivity contribution is -0.562. The van der Waals surface area contributed by atoms with Crippen molar-refractivity contribution in [2.24, 2.45) is 17.8 Å². The van der Waals surface area contributed by atoms with Gasteiger partial charge in [0.25, 0.3) is 0 Å². The van der Waals surface area contributed by atoms with Crippen molar-refractivity contribution >= 4 is 0 Å². The number of rotatable bonds is 14. The molecule has 0 spiro atoms. The Bertz CT molecular complexity index is 428. The summed E-state index contributed by atoms with van der Waals surface area (Å²) in [5.41, 5.74) is -0.594. The van der Waals surface area contributed by atoms with Crippen LogP contribution >= 0.6 is 0 Å². The normalized spacial score (nSPS) is 32.0.